The lowest BCUT2D eigenvalue weighted by molar-refractivity contribution is -0.122. The number of amides is 2. The number of nitrogens with two attached hydrogens (primary N) is 1. The van der Waals surface area contributed by atoms with E-state index in [2.05, 4.69) is 5.32 Å². The van der Waals surface area contributed by atoms with E-state index >= 15 is 0 Å². The van der Waals surface area contributed by atoms with E-state index in [1.54, 1.807) is 36.5 Å². The van der Waals surface area contributed by atoms with Crippen LogP contribution < -0.4 is 16.4 Å². The second kappa shape index (κ2) is 5.61. The van der Waals surface area contributed by atoms with Gasteiger partial charge in [0.15, 0.2) is 0 Å². The van der Waals surface area contributed by atoms with Crippen molar-refractivity contribution in [2.24, 2.45) is 0 Å². The number of nitrogen functional groups attached to an aromatic ring is 1. The summed E-state index contributed by atoms with van der Waals surface area (Å²) in [4.78, 5) is 11.2. The lowest BCUT2D eigenvalue weighted by Crippen LogP contribution is -2.41. The summed E-state index contributed by atoms with van der Waals surface area (Å²) in [5, 5.41) is 4.13. The van der Waals surface area contributed by atoms with Crippen molar-refractivity contribution >= 4 is 11.7 Å². The van der Waals surface area contributed by atoms with Gasteiger partial charge in [-0.05, 0) is 24.6 Å². The first-order valence-corrected chi connectivity index (χ1v) is 5.24. The highest BCUT2D eigenvalue weighted by atomic mass is 19.4. The molecule has 0 fully saturated rings. The molecule has 1 aromatic carbocycles. The molecule has 100 valence electrons. The van der Waals surface area contributed by atoms with Crippen LogP contribution in [-0.2, 0) is 0 Å². The zero-order chi connectivity index (χ0) is 13.8. The Bertz CT molecular complexity index is 403. The van der Waals surface area contributed by atoms with Crippen molar-refractivity contribution in [2.45, 2.75) is 19.1 Å². The van der Waals surface area contributed by atoms with Gasteiger partial charge in [0, 0.05) is 5.69 Å². The standard InChI is InChI=1S/C11H14F3N3O/c1-7(8-2-4-9(15)5-3-8)17-10(18)16-6-11(12,13)14/h2-5,7H,6,15H2,1H3,(H2,16,17,18). The zero-order valence-electron chi connectivity index (χ0n) is 9.71. The molecule has 1 atom stereocenters. The van der Waals surface area contributed by atoms with Gasteiger partial charge in [-0.25, -0.2) is 4.79 Å². The fraction of sp³-hybridized carbons (Fsp3) is 0.364. The Balaban J connectivity index is 2.47. The summed E-state index contributed by atoms with van der Waals surface area (Å²) in [6.07, 6.45) is -4.41. The molecule has 0 radical (unpaired) electrons. The predicted molar refractivity (Wildman–Crippen MR) is 61.9 cm³/mol. The molecule has 1 rings (SSSR count). The maximum Gasteiger partial charge on any atom is 0.405 e. The van der Waals surface area contributed by atoms with Crippen LogP contribution in [-0.4, -0.2) is 18.8 Å². The maximum atomic E-state index is 11.9. The second-order valence-corrected chi connectivity index (χ2v) is 3.83. The molecule has 0 aromatic heterocycles. The number of benzene rings is 1. The average Bonchev–Trinajstić information content (AvgIpc) is 2.26. The number of urea groups is 1. The molecule has 0 aliphatic rings. The van der Waals surface area contributed by atoms with Crippen molar-refractivity contribution < 1.29 is 18.0 Å². The van der Waals surface area contributed by atoms with E-state index in [9.17, 15) is 18.0 Å². The third kappa shape index (κ3) is 4.94. The molecule has 0 saturated heterocycles. The van der Waals surface area contributed by atoms with E-state index in [0.717, 1.165) is 5.56 Å². The minimum absolute atomic E-state index is 0.404. The van der Waals surface area contributed by atoms with Crippen molar-refractivity contribution in [3.63, 3.8) is 0 Å². The summed E-state index contributed by atoms with van der Waals surface area (Å²) in [5.74, 6) is 0. The zero-order valence-corrected chi connectivity index (χ0v) is 9.71. The molecule has 1 aromatic rings. The summed E-state index contributed by atoms with van der Waals surface area (Å²) in [7, 11) is 0. The molecule has 0 spiro atoms. The summed E-state index contributed by atoms with van der Waals surface area (Å²) in [6, 6.07) is 5.44. The molecular weight excluding hydrogens is 247 g/mol. The lowest BCUT2D eigenvalue weighted by Gasteiger charge is -2.16. The number of nitrogens with one attached hydrogen (secondary N) is 2. The van der Waals surface area contributed by atoms with Crippen LogP contribution in [0.3, 0.4) is 0 Å². The highest BCUT2D eigenvalue weighted by molar-refractivity contribution is 5.74. The first-order chi connectivity index (χ1) is 8.28. The van der Waals surface area contributed by atoms with Crippen molar-refractivity contribution in [3.8, 4) is 0 Å². The number of hydrogen-bond donors (Lipinski definition) is 3. The van der Waals surface area contributed by atoms with Crippen LogP contribution >= 0.6 is 0 Å². The molecule has 18 heavy (non-hydrogen) atoms. The Labute approximate surface area is 102 Å². The van der Waals surface area contributed by atoms with Crippen molar-refractivity contribution in [2.75, 3.05) is 12.3 Å². The minimum Gasteiger partial charge on any atom is -0.399 e. The molecule has 0 bridgehead atoms. The Morgan fingerprint density at radius 1 is 1.33 bits per heavy atom. The van der Waals surface area contributed by atoms with E-state index in [1.165, 1.54) is 0 Å². The minimum atomic E-state index is -4.41. The van der Waals surface area contributed by atoms with Gasteiger partial charge in [-0.2, -0.15) is 13.2 Å². The molecule has 4 nitrogen and oxygen atoms in total. The molecule has 0 aliphatic carbocycles. The number of halogens is 3. The maximum absolute atomic E-state index is 11.9. The summed E-state index contributed by atoms with van der Waals surface area (Å²) in [6.45, 7) is 0.311. The van der Waals surface area contributed by atoms with E-state index in [4.69, 9.17) is 5.73 Å². The number of rotatable bonds is 3. The van der Waals surface area contributed by atoms with Crippen LogP contribution in [0, 0.1) is 0 Å². The third-order valence-electron chi connectivity index (χ3n) is 2.23. The van der Waals surface area contributed by atoms with Crippen molar-refractivity contribution in [1.82, 2.24) is 10.6 Å². The van der Waals surface area contributed by atoms with Gasteiger partial charge in [0.05, 0.1) is 6.04 Å². The highest BCUT2D eigenvalue weighted by Gasteiger charge is 2.27. The highest BCUT2D eigenvalue weighted by Crippen LogP contribution is 2.14. The summed E-state index contributed by atoms with van der Waals surface area (Å²) < 4.78 is 35.6. The topological polar surface area (TPSA) is 67.2 Å². The van der Waals surface area contributed by atoms with E-state index < -0.39 is 24.8 Å². The first-order valence-electron chi connectivity index (χ1n) is 5.24. The van der Waals surface area contributed by atoms with Crippen LogP contribution in [0.1, 0.15) is 18.5 Å². The molecule has 0 heterocycles. The van der Waals surface area contributed by atoms with Crippen LogP contribution in [0.25, 0.3) is 0 Å². The quantitative estimate of drug-likeness (QED) is 0.730. The molecule has 0 saturated carbocycles. The SMILES string of the molecule is CC(NC(=O)NCC(F)(F)F)c1ccc(N)cc1. The largest absolute Gasteiger partial charge is 0.405 e. The van der Waals surface area contributed by atoms with Crippen LogP contribution in [0.4, 0.5) is 23.7 Å². The number of hydrogen-bond acceptors (Lipinski definition) is 2. The Morgan fingerprint density at radius 3 is 2.39 bits per heavy atom. The predicted octanol–water partition coefficient (Wildman–Crippen LogP) is 2.19. The van der Waals surface area contributed by atoms with Crippen molar-refractivity contribution in [1.29, 1.82) is 0 Å². The Kier molecular flexibility index (Phi) is 4.41. The number of carbonyl (C=O) groups is 1. The van der Waals surface area contributed by atoms with Crippen LogP contribution in [0.2, 0.25) is 0 Å². The lowest BCUT2D eigenvalue weighted by atomic mass is 10.1. The van der Waals surface area contributed by atoms with Gasteiger partial charge in [-0.1, -0.05) is 12.1 Å². The van der Waals surface area contributed by atoms with Gasteiger partial charge < -0.3 is 16.4 Å². The molecule has 2 amide bonds. The number of carbonyl (C=O) groups excluding carboxylic acids is 1. The van der Waals surface area contributed by atoms with E-state index in [-0.39, 0.29) is 0 Å². The summed E-state index contributed by atoms with van der Waals surface area (Å²) in [5.41, 5.74) is 6.83. The van der Waals surface area contributed by atoms with Crippen LogP contribution in [0.15, 0.2) is 24.3 Å². The molecule has 4 N–H and O–H groups in total. The van der Waals surface area contributed by atoms with Gasteiger partial charge in [0.2, 0.25) is 0 Å². The normalized spacial score (nSPS) is 12.9. The van der Waals surface area contributed by atoms with Crippen molar-refractivity contribution in [3.05, 3.63) is 29.8 Å². The monoisotopic (exact) mass is 261 g/mol. The van der Waals surface area contributed by atoms with Gasteiger partial charge in [0.1, 0.15) is 6.54 Å². The molecule has 0 aliphatic heterocycles. The summed E-state index contributed by atoms with van der Waals surface area (Å²) >= 11 is 0. The van der Waals surface area contributed by atoms with Crippen LogP contribution in [0.5, 0.6) is 0 Å². The average molecular weight is 261 g/mol. The molecule has 7 heteroatoms. The molecular formula is C11H14F3N3O. The van der Waals surface area contributed by atoms with Gasteiger partial charge in [0.25, 0.3) is 0 Å². The fourth-order valence-corrected chi connectivity index (χ4v) is 1.30. The Hall–Kier alpha value is -1.92. The molecule has 1 unspecified atom stereocenters. The third-order valence-corrected chi connectivity index (χ3v) is 2.23. The number of anilines is 1. The smallest absolute Gasteiger partial charge is 0.399 e. The second-order valence-electron chi connectivity index (χ2n) is 3.83. The first kappa shape index (κ1) is 14.1. The number of alkyl halides is 3. The Morgan fingerprint density at radius 2 is 1.89 bits per heavy atom. The van der Waals surface area contributed by atoms with E-state index in [1.807, 2.05) is 0 Å². The van der Waals surface area contributed by atoms with E-state index in [0.29, 0.717) is 5.69 Å². The fourth-order valence-electron chi connectivity index (χ4n) is 1.30. The van der Waals surface area contributed by atoms with Gasteiger partial charge >= 0.3 is 12.2 Å². The van der Waals surface area contributed by atoms with Gasteiger partial charge in [-0.3, -0.25) is 0 Å². The van der Waals surface area contributed by atoms with Gasteiger partial charge in [-0.15, -0.1) is 0 Å².